The first kappa shape index (κ1) is 17.7. The van der Waals surface area contributed by atoms with E-state index >= 15 is 0 Å². The van der Waals surface area contributed by atoms with Crippen molar-refractivity contribution in [3.05, 3.63) is 89.5 Å². The standard InChI is InChI=1S/C21H16F3NO/c1-14-6-8-15(9-7-14)18-4-2-3-5-19(18)20(26)25-17-12-10-16(11-13-17)21(22,23)24/h2-13H,1H3,(H,25,26). The van der Waals surface area contributed by atoms with Gasteiger partial charge >= 0.3 is 6.18 Å². The molecule has 132 valence electrons. The molecule has 3 rings (SSSR count). The second-order valence-electron chi connectivity index (χ2n) is 5.94. The zero-order chi connectivity index (χ0) is 18.7. The van der Waals surface area contributed by atoms with E-state index in [1.54, 1.807) is 12.1 Å². The number of carbonyl (C=O) groups is 1. The van der Waals surface area contributed by atoms with Gasteiger partial charge in [0, 0.05) is 11.3 Å². The summed E-state index contributed by atoms with van der Waals surface area (Å²) in [5.41, 5.74) is 2.78. The van der Waals surface area contributed by atoms with Crippen molar-refractivity contribution in [2.45, 2.75) is 13.1 Å². The minimum absolute atomic E-state index is 0.307. The zero-order valence-corrected chi connectivity index (χ0v) is 14.0. The molecule has 2 nitrogen and oxygen atoms in total. The maximum atomic E-state index is 12.6. The van der Waals surface area contributed by atoms with Crippen molar-refractivity contribution in [2.75, 3.05) is 5.32 Å². The molecule has 0 fully saturated rings. The lowest BCUT2D eigenvalue weighted by Gasteiger charge is -2.12. The van der Waals surface area contributed by atoms with Gasteiger partial charge in [0.05, 0.1) is 5.56 Å². The Labute approximate surface area is 149 Å². The summed E-state index contributed by atoms with van der Waals surface area (Å²) in [6, 6.07) is 19.3. The maximum absolute atomic E-state index is 12.6. The van der Waals surface area contributed by atoms with Crippen LogP contribution in [0.1, 0.15) is 21.5 Å². The van der Waals surface area contributed by atoms with Crippen molar-refractivity contribution in [1.29, 1.82) is 0 Å². The van der Waals surface area contributed by atoms with Crippen molar-refractivity contribution >= 4 is 11.6 Å². The molecule has 3 aromatic carbocycles. The Morgan fingerprint density at radius 1 is 0.846 bits per heavy atom. The summed E-state index contributed by atoms with van der Waals surface area (Å²) >= 11 is 0. The van der Waals surface area contributed by atoms with Gasteiger partial charge in [-0.2, -0.15) is 13.2 Å². The van der Waals surface area contributed by atoms with Crippen LogP contribution in [0.15, 0.2) is 72.8 Å². The normalized spacial score (nSPS) is 11.2. The van der Waals surface area contributed by atoms with Gasteiger partial charge in [0.25, 0.3) is 5.91 Å². The summed E-state index contributed by atoms with van der Waals surface area (Å²) in [5, 5.41) is 2.65. The molecule has 0 aromatic heterocycles. The van der Waals surface area contributed by atoms with Gasteiger partial charge in [-0.3, -0.25) is 4.79 Å². The molecule has 0 saturated heterocycles. The molecule has 5 heteroatoms. The molecule has 0 aliphatic carbocycles. The van der Waals surface area contributed by atoms with E-state index in [4.69, 9.17) is 0 Å². The SMILES string of the molecule is Cc1ccc(-c2ccccc2C(=O)Nc2ccc(C(F)(F)F)cc2)cc1. The summed E-state index contributed by atoms with van der Waals surface area (Å²) in [6.07, 6.45) is -4.40. The molecule has 26 heavy (non-hydrogen) atoms. The van der Waals surface area contributed by atoms with E-state index in [-0.39, 0.29) is 5.91 Å². The van der Waals surface area contributed by atoms with Gasteiger partial charge in [-0.15, -0.1) is 0 Å². The number of nitrogens with one attached hydrogen (secondary N) is 1. The van der Waals surface area contributed by atoms with Gasteiger partial charge in [0.2, 0.25) is 0 Å². The van der Waals surface area contributed by atoms with Crippen LogP contribution in [0.5, 0.6) is 0 Å². The van der Waals surface area contributed by atoms with E-state index < -0.39 is 11.7 Å². The molecular formula is C21H16F3NO. The monoisotopic (exact) mass is 355 g/mol. The van der Waals surface area contributed by atoms with Crippen LogP contribution >= 0.6 is 0 Å². The van der Waals surface area contributed by atoms with Gasteiger partial charge < -0.3 is 5.32 Å². The number of rotatable bonds is 3. The van der Waals surface area contributed by atoms with Gasteiger partial charge in [-0.25, -0.2) is 0 Å². The first-order valence-electron chi connectivity index (χ1n) is 7.99. The van der Waals surface area contributed by atoms with Crippen molar-refractivity contribution in [3.63, 3.8) is 0 Å². The average molecular weight is 355 g/mol. The molecule has 3 aromatic rings. The number of hydrogen-bond donors (Lipinski definition) is 1. The predicted molar refractivity (Wildman–Crippen MR) is 96.0 cm³/mol. The van der Waals surface area contributed by atoms with E-state index in [2.05, 4.69) is 5.32 Å². The first-order valence-corrected chi connectivity index (χ1v) is 7.99. The Morgan fingerprint density at radius 3 is 2.08 bits per heavy atom. The van der Waals surface area contributed by atoms with Crippen molar-refractivity contribution in [2.24, 2.45) is 0 Å². The van der Waals surface area contributed by atoms with E-state index in [9.17, 15) is 18.0 Å². The van der Waals surface area contributed by atoms with Crippen molar-refractivity contribution in [3.8, 4) is 11.1 Å². The number of amides is 1. The van der Waals surface area contributed by atoms with Crippen LogP contribution in [0.25, 0.3) is 11.1 Å². The fraction of sp³-hybridized carbons (Fsp3) is 0.0952. The van der Waals surface area contributed by atoms with E-state index in [0.29, 0.717) is 11.3 Å². The highest BCUT2D eigenvalue weighted by Gasteiger charge is 2.30. The summed E-state index contributed by atoms with van der Waals surface area (Å²) in [6.45, 7) is 1.98. The number of aryl methyl sites for hydroxylation is 1. The molecular weight excluding hydrogens is 339 g/mol. The summed E-state index contributed by atoms with van der Waals surface area (Å²) < 4.78 is 37.9. The zero-order valence-electron chi connectivity index (χ0n) is 14.0. The van der Waals surface area contributed by atoms with Crippen LogP contribution in [-0.4, -0.2) is 5.91 Å². The largest absolute Gasteiger partial charge is 0.416 e. The number of carbonyl (C=O) groups excluding carboxylic acids is 1. The molecule has 1 N–H and O–H groups in total. The molecule has 0 heterocycles. The lowest BCUT2D eigenvalue weighted by Crippen LogP contribution is -2.13. The van der Waals surface area contributed by atoms with E-state index in [1.165, 1.54) is 12.1 Å². The predicted octanol–water partition coefficient (Wildman–Crippen LogP) is 5.93. The highest BCUT2D eigenvalue weighted by Crippen LogP contribution is 2.30. The van der Waals surface area contributed by atoms with Gasteiger partial charge in [0.1, 0.15) is 0 Å². The average Bonchev–Trinajstić information content (AvgIpc) is 2.62. The Balaban J connectivity index is 1.86. The number of halogens is 3. The minimum Gasteiger partial charge on any atom is -0.322 e. The third-order valence-electron chi connectivity index (χ3n) is 4.00. The van der Waals surface area contributed by atoms with Crippen LogP contribution in [0.3, 0.4) is 0 Å². The molecule has 0 aliphatic heterocycles. The van der Waals surface area contributed by atoms with Crippen LogP contribution < -0.4 is 5.32 Å². The lowest BCUT2D eigenvalue weighted by molar-refractivity contribution is -0.137. The Kier molecular flexibility index (Phi) is 4.80. The third kappa shape index (κ3) is 3.94. The highest BCUT2D eigenvalue weighted by atomic mass is 19.4. The summed E-state index contributed by atoms with van der Waals surface area (Å²) in [7, 11) is 0. The number of hydrogen-bond acceptors (Lipinski definition) is 1. The molecule has 0 unspecified atom stereocenters. The van der Waals surface area contributed by atoms with Gasteiger partial charge in [-0.05, 0) is 48.4 Å². The fourth-order valence-corrected chi connectivity index (χ4v) is 2.61. The molecule has 1 amide bonds. The topological polar surface area (TPSA) is 29.1 Å². The summed E-state index contributed by atoms with van der Waals surface area (Å²) in [5.74, 6) is -0.374. The van der Waals surface area contributed by atoms with Crippen molar-refractivity contribution < 1.29 is 18.0 Å². The highest BCUT2D eigenvalue weighted by molar-refractivity contribution is 6.08. The molecule has 0 atom stereocenters. The van der Waals surface area contributed by atoms with Gasteiger partial charge in [0.15, 0.2) is 0 Å². The smallest absolute Gasteiger partial charge is 0.322 e. The minimum atomic E-state index is -4.40. The summed E-state index contributed by atoms with van der Waals surface area (Å²) in [4.78, 5) is 12.6. The Hall–Kier alpha value is -3.08. The van der Waals surface area contributed by atoms with Crippen LogP contribution in [0.4, 0.5) is 18.9 Å². The number of benzene rings is 3. The molecule has 0 aliphatic rings. The first-order chi connectivity index (χ1) is 12.3. The quantitative estimate of drug-likeness (QED) is 0.619. The second-order valence-corrected chi connectivity index (χ2v) is 5.94. The lowest BCUT2D eigenvalue weighted by atomic mass is 9.98. The molecule has 0 spiro atoms. The van der Waals surface area contributed by atoms with Crippen molar-refractivity contribution in [1.82, 2.24) is 0 Å². The Morgan fingerprint density at radius 2 is 1.46 bits per heavy atom. The van der Waals surface area contributed by atoms with Gasteiger partial charge in [-0.1, -0.05) is 48.0 Å². The third-order valence-corrected chi connectivity index (χ3v) is 4.00. The van der Waals surface area contributed by atoms with Crippen LogP contribution in [0, 0.1) is 6.92 Å². The number of anilines is 1. The van der Waals surface area contributed by atoms with E-state index in [0.717, 1.165) is 28.8 Å². The Bertz CT molecular complexity index is 913. The maximum Gasteiger partial charge on any atom is 0.416 e. The van der Waals surface area contributed by atoms with Crippen LogP contribution in [0.2, 0.25) is 0 Å². The molecule has 0 saturated carbocycles. The van der Waals surface area contributed by atoms with E-state index in [1.807, 2.05) is 43.3 Å². The molecule has 0 radical (unpaired) electrons. The number of alkyl halides is 3. The molecule has 0 bridgehead atoms. The second kappa shape index (κ2) is 7.04. The van der Waals surface area contributed by atoms with Crippen LogP contribution in [-0.2, 0) is 6.18 Å². The fourth-order valence-electron chi connectivity index (χ4n) is 2.61.